The lowest BCUT2D eigenvalue weighted by Gasteiger charge is -2.42. The Hall–Kier alpha value is -3.22. The first kappa shape index (κ1) is 27.0. The van der Waals surface area contributed by atoms with Gasteiger partial charge in [0.05, 0.1) is 13.0 Å². The minimum Gasteiger partial charge on any atom is -0.481 e. The van der Waals surface area contributed by atoms with Gasteiger partial charge in [-0.2, -0.15) is 0 Å². The maximum atomic E-state index is 10.9. The molecule has 0 saturated carbocycles. The number of hydrogen-bond donors (Lipinski definition) is 2. The van der Waals surface area contributed by atoms with E-state index in [9.17, 15) is 9.59 Å². The fourth-order valence-electron chi connectivity index (χ4n) is 4.04. The summed E-state index contributed by atoms with van der Waals surface area (Å²) in [6, 6.07) is 21.0. The van der Waals surface area contributed by atoms with Gasteiger partial charge < -0.3 is 14.6 Å². The van der Waals surface area contributed by atoms with E-state index in [1.807, 2.05) is 24.3 Å². The maximum absolute atomic E-state index is 10.9. The number of allylic oxidation sites excluding steroid dienone is 3. The molecule has 2 rings (SSSR count). The molecule has 0 aliphatic carbocycles. The van der Waals surface area contributed by atoms with Gasteiger partial charge in [0.15, 0.2) is 0 Å². The number of hydrogen-bond acceptors (Lipinski definition) is 3. The van der Waals surface area contributed by atoms with Crippen molar-refractivity contribution in [2.75, 3.05) is 6.61 Å². The van der Waals surface area contributed by atoms with Gasteiger partial charge in [-0.15, -0.1) is 0 Å². The molecule has 2 aromatic rings. The van der Waals surface area contributed by atoms with Crippen LogP contribution >= 0.6 is 0 Å². The quantitative estimate of drug-likeness (QED) is 0.148. The Kier molecular flexibility index (Phi) is 10.2. The molecule has 0 spiro atoms. The van der Waals surface area contributed by atoms with Crippen LogP contribution in [0.5, 0.6) is 0 Å². The summed E-state index contributed by atoms with van der Waals surface area (Å²) in [6.45, 7) is 7.22. The fourth-order valence-corrected chi connectivity index (χ4v) is 8.54. The maximum Gasteiger partial charge on any atom is 0.328 e. The smallest absolute Gasteiger partial charge is 0.328 e. The van der Waals surface area contributed by atoms with Crippen LogP contribution in [0.1, 0.15) is 40.0 Å². The van der Waals surface area contributed by atoms with Crippen LogP contribution in [0.2, 0.25) is 5.04 Å². The molecule has 0 aliphatic heterocycles. The topological polar surface area (TPSA) is 83.8 Å². The largest absolute Gasteiger partial charge is 0.481 e. The van der Waals surface area contributed by atoms with E-state index < -0.39 is 20.3 Å². The van der Waals surface area contributed by atoms with Crippen LogP contribution < -0.4 is 10.4 Å². The number of unbranched alkanes of at least 4 members (excludes halogenated alkanes) is 1. The van der Waals surface area contributed by atoms with E-state index in [0.717, 1.165) is 12.5 Å². The fraction of sp³-hybridized carbons (Fsp3) is 0.286. The molecule has 0 aliphatic rings. The lowest BCUT2D eigenvalue weighted by Crippen LogP contribution is -2.66. The molecule has 34 heavy (non-hydrogen) atoms. The molecule has 0 bridgehead atoms. The van der Waals surface area contributed by atoms with Crippen molar-refractivity contribution in [3.8, 4) is 0 Å². The van der Waals surface area contributed by atoms with Crippen molar-refractivity contribution in [3.05, 3.63) is 96.6 Å². The summed E-state index contributed by atoms with van der Waals surface area (Å²) in [7, 11) is -2.55. The summed E-state index contributed by atoms with van der Waals surface area (Å²) in [5.74, 6) is -2.21. The summed E-state index contributed by atoms with van der Waals surface area (Å²) >= 11 is 0. The highest BCUT2D eigenvalue weighted by Gasteiger charge is 2.49. The summed E-state index contributed by atoms with van der Waals surface area (Å²) in [6.07, 6.45) is 9.46. The first-order valence-electron chi connectivity index (χ1n) is 11.4. The molecule has 6 heteroatoms. The number of benzene rings is 2. The van der Waals surface area contributed by atoms with Crippen LogP contribution in [0.3, 0.4) is 0 Å². The summed E-state index contributed by atoms with van der Waals surface area (Å²) in [4.78, 5) is 21.7. The lowest BCUT2D eigenvalue weighted by molar-refractivity contribution is -0.136. The van der Waals surface area contributed by atoms with Gasteiger partial charge in [0.25, 0.3) is 8.32 Å². The third-order valence-corrected chi connectivity index (χ3v) is 10.5. The van der Waals surface area contributed by atoms with Gasteiger partial charge in [0.2, 0.25) is 0 Å². The predicted molar refractivity (Wildman–Crippen MR) is 139 cm³/mol. The van der Waals surface area contributed by atoms with Crippen LogP contribution in [0.4, 0.5) is 0 Å². The zero-order chi connectivity index (χ0) is 25.0. The second kappa shape index (κ2) is 12.9. The van der Waals surface area contributed by atoms with Gasteiger partial charge in [0, 0.05) is 6.08 Å². The Bertz CT molecular complexity index is 978. The second-order valence-electron chi connectivity index (χ2n) is 9.05. The standard InChI is InChI=1S/C28H34O5Si/c1-28(2,3)34(24-16-10-7-11-17-24,25-18-12-8-13-19-25)33-20-14-6-4-5-9-15-23(21-26(29)30)22-27(31)32/h6-19,21H,4-5,20,22H2,1-3H3,(H,29,30)(H,31,32)/b14-6+,15-9+,23-21+. The number of carboxylic acid groups (broad SMARTS) is 2. The molecule has 2 N–H and O–H groups in total. The van der Waals surface area contributed by atoms with E-state index in [1.165, 1.54) is 10.4 Å². The minimum absolute atomic E-state index is 0.0801. The Labute approximate surface area is 203 Å². The predicted octanol–water partition coefficient (Wildman–Crippen LogP) is 4.94. The molecule has 0 aromatic heterocycles. The minimum atomic E-state index is -2.55. The van der Waals surface area contributed by atoms with Crippen LogP contribution in [0.25, 0.3) is 0 Å². The molecule has 180 valence electrons. The highest BCUT2D eigenvalue weighted by atomic mass is 28.4. The summed E-state index contributed by atoms with van der Waals surface area (Å²) in [5, 5.41) is 20.1. The number of carbonyl (C=O) groups is 2. The third kappa shape index (κ3) is 7.68. The van der Waals surface area contributed by atoms with Gasteiger partial charge in [-0.3, -0.25) is 4.79 Å². The Balaban J connectivity index is 2.09. The molecule has 2 aromatic carbocycles. The van der Waals surface area contributed by atoms with E-state index >= 15 is 0 Å². The Morgan fingerprint density at radius 2 is 1.38 bits per heavy atom. The molecule has 0 saturated heterocycles. The third-order valence-electron chi connectivity index (χ3n) is 5.48. The van der Waals surface area contributed by atoms with Crippen molar-refractivity contribution in [2.24, 2.45) is 0 Å². The van der Waals surface area contributed by atoms with Crippen LogP contribution in [-0.2, 0) is 14.0 Å². The summed E-state index contributed by atoms with van der Waals surface area (Å²) < 4.78 is 6.79. The number of carboxylic acids is 2. The Morgan fingerprint density at radius 3 is 1.85 bits per heavy atom. The van der Waals surface area contributed by atoms with Gasteiger partial charge >= 0.3 is 11.9 Å². The molecule has 0 unspecified atom stereocenters. The van der Waals surface area contributed by atoms with E-state index in [2.05, 4.69) is 69.3 Å². The normalized spacial score (nSPS) is 13.0. The van der Waals surface area contributed by atoms with E-state index in [0.29, 0.717) is 13.0 Å². The van der Waals surface area contributed by atoms with E-state index in [-0.39, 0.29) is 17.0 Å². The van der Waals surface area contributed by atoms with Gasteiger partial charge in [-0.1, -0.05) is 106 Å². The average Bonchev–Trinajstić information content (AvgIpc) is 2.77. The van der Waals surface area contributed by atoms with E-state index in [1.54, 1.807) is 12.2 Å². The number of rotatable bonds is 12. The van der Waals surface area contributed by atoms with Gasteiger partial charge in [-0.25, -0.2) is 4.79 Å². The first-order valence-corrected chi connectivity index (χ1v) is 13.3. The van der Waals surface area contributed by atoms with Crippen LogP contribution in [0.15, 0.2) is 96.6 Å². The molecule has 0 fully saturated rings. The van der Waals surface area contributed by atoms with Crippen LogP contribution in [-0.4, -0.2) is 37.1 Å². The lowest BCUT2D eigenvalue weighted by atomic mass is 10.1. The highest BCUT2D eigenvalue weighted by molar-refractivity contribution is 6.99. The van der Waals surface area contributed by atoms with Crippen molar-refractivity contribution >= 4 is 30.6 Å². The molecule has 5 nitrogen and oxygen atoms in total. The monoisotopic (exact) mass is 478 g/mol. The van der Waals surface area contributed by atoms with Crippen molar-refractivity contribution < 1.29 is 24.2 Å². The SMILES string of the molecule is CC(C)(C)[Si](OC/C=C/CC/C=C/C(=C\C(=O)O)CC(=O)O)(c1ccccc1)c1ccccc1. The zero-order valence-corrected chi connectivity index (χ0v) is 21.1. The van der Waals surface area contributed by atoms with Crippen molar-refractivity contribution in [2.45, 2.75) is 45.1 Å². The number of aliphatic carboxylic acids is 2. The van der Waals surface area contributed by atoms with Crippen LogP contribution in [0, 0.1) is 0 Å². The molecule has 0 heterocycles. The summed E-state index contributed by atoms with van der Waals surface area (Å²) in [5.41, 5.74) is 0.263. The zero-order valence-electron chi connectivity index (χ0n) is 20.1. The molecule has 0 radical (unpaired) electrons. The Morgan fingerprint density at radius 1 is 0.853 bits per heavy atom. The van der Waals surface area contributed by atoms with E-state index in [4.69, 9.17) is 14.6 Å². The average molecular weight is 479 g/mol. The molecular formula is C28H34O5Si. The highest BCUT2D eigenvalue weighted by Crippen LogP contribution is 2.36. The van der Waals surface area contributed by atoms with Crippen molar-refractivity contribution in [3.63, 3.8) is 0 Å². The molecule has 0 amide bonds. The molecular weight excluding hydrogens is 444 g/mol. The van der Waals surface area contributed by atoms with Gasteiger partial charge in [-0.05, 0) is 33.8 Å². The van der Waals surface area contributed by atoms with Crippen molar-refractivity contribution in [1.82, 2.24) is 0 Å². The van der Waals surface area contributed by atoms with Crippen molar-refractivity contribution in [1.29, 1.82) is 0 Å². The van der Waals surface area contributed by atoms with Gasteiger partial charge in [0.1, 0.15) is 0 Å². The first-order chi connectivity index (χ1) is 16.2. The molecule has 0 atom stereocenters. The second-order valence-corrected chi connectivity index (χ2v) is 13.4.